The van der Waals surface area contributed by atoms with E-state index in [4.69, 9.17) is 19.2 Å². The lowest BCUT2D eigenvalue weighted by atomic mass is 9.95. The molecule has 7 nitrogen and oxygen atoms in total. The number of carbonyl (C=O) groups is 1. The molecular weight excluding hydrogens is 615 g/mol. The van der Waals surface area contributed by atoms with E-state index in [0.717, 1.165) is 21.1 Å². The predicted molar refractivity (Wildman–Crippen MR) is 158 cm³/mol. The van der Waals surface area contributed by atoms with E-state index in [-0.39, 0.29) is 11.7 Å². The number of aromatic nitrogens is 1. The van der Waals surface area contributed by atoms with Crippen molar-refractivity contribution in [1.29, 1.82) is 0 Å². The highest BCUT2D eigenvalue weighted by atomic mass is 127. The number of thiazole rings is 1. The number of hydrogen-bond donors (Lipinski definition) is 0. The first-order valence-corrected chi connectivity index (χ1v) is 14.5. The molecule has 1 aliphatic rings. The lowest BCUT2D eigenvalue weighted by Gasteiger charge is -2.25. The largest absolute Gasteiger partial charge is 0.490 e. The van der Waals surface area contributed by atoms with Crippen molar-refractivity contribution in [2.45, 2.75) is 52.7 Å². The molecule has 0 bridgehead atoms. The average molecular weight is 647 g/mol. The van der Waals surface area contributed by atoms with Crippen molar-refractivity contribution in [2.75, 3.05) is 13.7 Å². The Bertz CT molecular complexity index is 1540. The number of esters is 1. The summed E-state index contributed by atoms with van der Waals surface area (Å²) >= 11 is 3.55. The van der Waals surface area contributed by atoms with E-state index in [1.165, 1.54) is 18.4 Å². The molecule has 3 aromatic rings. The van der Waals surface area contributed by atoms with E-state index >= 15 is 0 Å². The number of fused-ring (bicyclic) bond motifs is 1. The highest BCUT2D eigenvalue weighted by molar-refractivity contribution is 14.1. The van der Waals surface area contributed by atoms with Crippen molar-refractivity contribution in [3.05, 3.63) is 88.1 Å². The van der Waals surface area contributed by atoms with E-state index in [9.17, 15) is 9.59 Å². The molecule has 0 spiro atoms. The number of nitrogens with zero attached hydrogens (tertiary/aromatic N) is 2. The second kappa shape index (κ2) is 12.3. The van der Waals surface area contributed by atoms with E-state index in [2.05, 4.69) is 29.5 Å². The van der Waals surface area contributed by atoms with Crippen LogP contribution in [0.5, 0.6) is 11.5 Å². The Balaban J connectivity index is 1.91. The monoisotopic (exact) mass is 646 g/mol. The Morgan fingerprint density at radius 1 is 1.21 bits per heavy atom. The molecule has 1 aliphatic heterocycles. The molecule has 2 atom stereocenters. The predicted octanol–water partition coefficient (Wildman–Crippen LogP) is 4.98. The summed E-state index contributed by atoms with van der Waals surface area (Å²) in [6.45, 7) is 8.46. The van der Waals surface area contributed by atoms with Crippen LogP contribution in [0.4, 0.5) is 0 Å². The average Bonchev–Trinajstić information content (AvgIpc) is 3.23. The highest BCUT2D eigenvalue weighted by Crippen LogP contribution is 2.36. The Kier molecular flexibility index (Phi) is 9.09. The fourth-order valence-electron chi connectivity index (χ4n) is 4.30. The van der Waals surface area contributed by atoms with Gasteiger partial charge in [-0.25, -0.2) is 9.79 Å². The van der Waals surface area contributed by atoms with Crippen LogP contribution in [0.1, 0.15) is 57.7 Å². The topological polar surface area (TPSA) is 79.1 Å². The van der Waals surface area contributed by atoms with Crippen molar-refractivity contribution in [2.24, 2.45) is 4.99 Å². The first-order chi connectivity index (χ1) is 18.3. The number of ether oxygens (including phenoxy) is 3. The van der Waals surface area contributed by atoms with Gasteiger partial charge in [-0.2, -0.15) is 0 Å². The molecule has 0 unspecified atom stereocenters. The van der Waals surface area contributed by atoms with Gasteiger partial charge in [-0.1, -0.05) is 55.5 Å². The zero-order valence-electron chi connectivity index (χ0n) is 22.1. The second-order valence-electron chi connectivity index (χ2n) is 8.80. The normalized spacial score (nSPS) is 16.1. The summed E-state index contributed by atoms with van der Waals surface area (Å²) < 4.78 is 20.2. The first kappa shape index (κ1) is 28.1. The minimum absolute atomic E-state index is 0.0482. The summed E-state index contributed by atoms with van der Waals surface area (Å²) in [7, 11) is 1.35. The maximum atomic E-state index is 13.8. The molecule has 0 amide bonds. The Morgan fingerprint density at radius 2 is 1.95 bits per heavy atom. The molecule has 38 heavy (non-hydrogen) atoms. The summed E-state index contributed by atoms with van der Waals surface area (Å²) in [6, 6.07) is 12.8. The molecule has 9 heteroatoms. The molecule has 4 rings (SSSR count). The molecule has 200 valence electrons. The minimum atomic E-state index is -0.623. The molecule has 2 aromatic carbocycles. The van der Waals surface area contributed by atoms with Gasteiger partial charge in [0.15, 0.2) is 16.3 Å². The molecular formula is C29H31IN2O5S. The summed E-state index contributed by atoms with van der Waals surface area (Å²) in [5, 5.41) is 0. The first-order valence-electron chi connectivity index (χ1n) is 12.6. The van der Waals surface area contributed by atoms with Crippen molar-refractivity contribution in [3.8, 4) is 11.5 Å². The van der Waals surface area contributed by atoms with Crippen LogP contribution in [0, 0.1) is 3.57 Å². The summed E-state index contributed by atoms with van der Waals surface area (Å²) in [4.78, 5) is 32.0. The van der Waals surface area contributed by atoms with Gasteiger partial charge in [0.2, 0.25) is 0 Å². The van der Waals surface area contributed by atoms with Gasteiger partial charge < -0.3 is 14.2 Å². The molecule has 2 heterocycles. The number of halogens is 1. The van der Waals surface area contributed by atoms with Gasteiger partial charge in [-0.15, -0.1) is 0 Å². The smallest absolute Gasteiger partial charge is 0.338 e. The fraction of sp³-hybridized carbons (Fsp3) is 0.345. The Hall–Kier alpha value is -2.92. The van der Waals surface area contributed by atoms with Crippen LogP contribution in [0.3, 0.4) is 0 Å². The Morgan fingerprint density at radius 3 is 2.58 bits per heavy atom. The quantitative estimate of drug-likeness (QED) is 0.242. The fourth-order valence-corrected chi connectivity index (χ4v) is 6.07. The van der Waals surface area contributed by atoms with Gasteiger partial charge in [-0.3, -0.25) is 9.36 Å². The van der Waals surface area contributed by atoms with E-state index in [1.807, 2.05) is 69.3 Å². The van der Waals surface area contributed by atoms with Crippen molar-refractivity contribution >= 4 is 46.0 Å². The number of allylic oxidation sites excluding steroid dienone is 1. The second-order valence-corrected chi connectivity index (χ2v) is 11.0. The third-order valence-corrected chi connectivity index (χ3v) is 8.07. The van der Waals surface area contributed by atoms with E-state index < -0.39 is 12.0 Å². The van der Waals surface area contributed by atoms with Crippen LogP contribution in [0.2, 0.25) is 0 Å². The van der Waals surface area contributed by atoms with Crippen molar-refractivity contribution in [3.63, 3.8) is 0 Å². The third-order valence-electron chi connectivity index (χ3n) is 6.29. The van der Waals surface area contributed by atoms with E-state index in [1.54, 1.807) is 4.57 Å². The molecule has 0 radical (unpaired) electrons. The highest BCUT2D eigenvalue weighted by Gasteiger charge is 2.33. The molecule has 0 N–H and O–H groups in total. The van der Waals surface area contributed by atoms with Gasteiger partial charge in [0.05, 0.1) is 45.2 Å². The zero-order valence-corrected chi connectivity index (χ0v) is 25.1. The van der Waals surface area contributed by atoms with Crippen molar-refractivity contribution < 1.29 is 19.0 Å². The standard InChI is InChI=1S/C29H31IN2O5S/c1-6-17(4)37-26-20(30)14-18(15-22(26)36-8-3)16-23-27(33)32-25(19-12-10-9-11-13-19)24(28(34)35-5)21(7-2)31-29(32)38-23/h9-17,25H,6-8H2,1-5H3/b23-16+/t17-,25+/m1/s1. The van der Waals surface area contributed by atoms with Gasteiger partial charge in [-0.05, 0) is 78.6 Å². The number of rotatable bonds is 9. The maximum Gasteiger partial charge on any atom is 0.338 e. The summed E-state index contributed by atoms with van der Waals surface area (Å²) in [6.07, 6.45) is 3.30. The van der Waals surface area contributed by atoms with E-state index in [0.29, 0.717) is 45.1 Å². The SMILES string of the molecule is CCOc1cc(/C=c2/sc3n(c2=O)[C@@H](c2ccccc2)C(C(=O)OC)=C(CC)N=3)cc(I)c1O[C@H](C)CC. The maximum absolute atomic E-state index is 13.8. The number of hydrogen-bond acceptors (Lipinski definition) is 7. The van der Waals surface area contributed by atoms with Crippen LogP contribution < -0.4 is 24.4 Å². The van der Waals surface area contributed by atoms with Crippen molar-refractivity contribution in [1.82, 2.24) is 4.57 Å². The van der Waals surface area contributed by atoms with Crippen LogP contribution >= 0.6 is 33.9 Å². The van der Waals surface area contributed by atoms with Crippen LogP contribution in [-0.2, 0) is 9.53 Å². The summed E-state index contributed by atoms with van der Waals surface area (Å²) in [5.74, 6) is 0.864. The van der Waals surface area contributed by atoms with Gasteiger partial charge >= 0.3 is 5.97 Å². The van der Waals surface area contributed by atoms with Crippen LogP contribution in [0.15, 0.2) is 63.5 Å². The number of methoxy groups -OCH3 is 1. The van der Waals surface area contributed by atoms with Gasteiger partial charge in [0, 0.05) is 0 Å². The summed E-state index contributed by atoms with van der Waals surface area (Å²) in [5.41, 5.74) is 2.44. The molecule has 0 saturated heterocycles. The van der Waals surface area contributed by atoms with Gasteiger partial charge in [0.1, 0.15) is 0 Å². The molecule has 0 fully saturated rings. The van der Waals surface area contributed by atoms with Gasteiger partial charge in [0.25, 0.3) is 5.56 Å². The Labute approximate surface area is 239 Å². The lowest BCUT2D eigenvalue weighted by molar-refractivity contribution is -0.136. The minimum Gasteiger partial charge on any atom is -0.490 e. The number of benzene rings is 2. The molecule has 1 aromatic heterocycles. The van der Waals surface area contributed by atoms with Crippen LogP contribution in [-0.4, -0.2) is 30.4 Å². The third kappa shape index (κ3) is 5.58. The molecule has 0 saturated carbocycles. The number of carbonyl (C=O) groups excluding carboxylic acids is 1. The lowest BCUT2D eigenvalue weighted by Crippen LogP contribution is -2.40. The zero-order chi connectivity index (χ0) is 27.4. The molecule has 0 aliphatic carbocycles. The van der Waals surface area contributed by atoms with Crippen LogP contribution in [0.25, 0.3) is 6.08 Å².